The van der Waals surface area contributed by atoms with Crippen molar-refractivity contribution < 1.29 is 9.66 Å². The van der Waals surface area contributed by atoms with E-state index in [1.165, 1.54) is 12.1 Å². The summed E-state index contributed by atoms with van der Waals surface area (Å²) in [4.78, 5) is 16.9. The van der Waals surface area contributed by atoms with E-state index in [4.69, 9.17) is 11.3 Å². The second kappa shape index (κ2) is 8.89. The van der Waals surface area contributed by atoms with Gasteiger partial charge >= 0.3 is 0 Å². The van der Waals surface area contributed by atoms with Crippen LogP contribution in [0.5, 0.6) is 0 Å². The van der Waals surface area contributed by atoms with Gasteiger partial charge in [-0.25, -0.2) is 4.85 Å². The van der Waals surface area contributed by atoms with Gasteiger partial charge in [-0.1, -0.05) is 0 Å². The predicted molar refractivity (Wildman–Crippen MR) is 110 cm³/mol. The van der Waals surface area contributed by atoms with Gasteiger partial charge in [-0.05, 0) is 64.5 Å². The molecular weight excluding hydrogens is 356 g/mol. The van der Waals surface area contributed by atoms with E-state index in [1.54, 1.807) is 6.07 Å². The van der Waals surface area contributed by atoms with Crippen LogP contribution in [0.3, 0.4) is 0 Å². The minimum atomic E-state index is -0.386. The Hall–Kier alpha value is -2.17. The molecular formula is C21H30N4O3. The summed E-state index contributed by atoms with van der Waals surface area (Å²) in [6, 6.07) is 4.70. The van der Waals surface area contributed by atoms with Crippen LogP contribution < -0.4 is 5.32 Å². The summed E-state index contributed by atoms with van der Waals surface area (Å²) in [6.45, 7) is 14.3. The molecule has 2 fully saturated rings. The summed E-state index contributed by atoms with van der Waals surface area (Å²) in [7, 11) is 0. The standard InChI is InChI=1S/C21H30N4O3/c1-4-28-18-7-11-21(2,12-8-18)24-13-9-16(10-14-24)23-19-15-17(22-3)5-6-20(19)25(26)27/h5-6,15-16,18,23H,4,7-14H2,1-2H3/t18-,21-. The number of nitro benzene ring substituents is 1. The number of benzene rings is 1. The highest BCUT2D eigenvalue weighted by atomic mass is 16.6. The maximum atomic E-state index is 11.3. The van der Waals surface area contributed by atoms with Crippen LogP contribution in [0.1, 0.15) is 52.4 Å². The first-order valence-corrected chi connectivity index (χ1v) is 10.2. The zero-order valence-corrected chi connectivity index (χ0v) is 16.8. The Bertz CT molecular complexity index is 730. The van der Waals surface area contributed by atoms with Crippen molar-refractivity contribution in [3.63, 3.8) is 0 Å². The van der Waals surface area contributed by atoms with Gasteiger partial charge in [-0.2, -0.15) is 0 Å². The normalized spacial score (nSPS) is 26.5. The van der Waals surface area contributed by atoms with Crippen molar-refractivity contribution in [3.05, 3.63) is 39.7 Å². The van der Waals surface area contributed by atoms with E-state index in [1.807, 2.05) is 0 Å². The molecule has 0 aromatic heterocycles. The largest absolute Gasteiger partial charge is 0.379 e. The zero-order chi connectivity index (χ0) is 20.1. The van der Waals surface area contributed by atoms with Gasteiger partial charge in [0.15, 0.2) is 5.69 Å². The lowest BCUT2D eigenvalue weighted by Crippen LogP contribution is -2.53. The third-order valence-electron chi connectivity index (χ3n) is 6.34. The van der Waals surface area contributed by atoms with E-state index in [0.29, 0.717) is 17.5 Å². The Morgan fingerprint density at radius 3 is 2.57 bits per heavy atom. The van der Waals surface area contributed by atoms with Gasteiger partial charge in [0.1, 0.15) is 5.69 Å². The topological polar surface area (TPSA) is 72.0 Å². The van der Waals surface area contributed by atoms with Crippen LogP contribution in [0.15, 0.2) is 18.2 Å². The number of likely N-dealkylation sites (tertiary alicyclic amines) is 1. The molecule has 0 amide bonds. The summed E-state index contributed by atoms with van der Waals surface area (Å²) < 4.78 is 5.79. The molecule has 0 spiro atoms. The van der Waals surface area contributed by atoms with Crippen molar-refractivity contribution in [1.29, 1.82) is 0 Å². The minimum absolute atomic E-state index is 0.0380. The Balaban J connectivity index is 1.58. The molecule has 1 heterocycles. The number of hydrogen-bond donors (Lipinski definition) is 1. The summed E-state index contributed by atoms with van der Waals surface area (Å²) >= 11 is 0. The molecule has 1 N–H and O–H groups in total. The molecule has 2 aliphatic rings. The maximum absolute atomic E-state index is 11.3. The van der Waals surface area contributed by atoms with Gasteiger partial charge in [0, 0.05) is 37.3 Å². The molecule has 7 heteroatoms. The Morgan fingerprint density at radius 2 is 2.00 bits per heavy atom. The van der Waals surface area contributed by atoms with Crippen molar-refractivity contribution >= 4 is 17.1 Å². The van der Waals surface area contributed by atoms with Gasteiger partial charge < -0.3 is 10.1 Å². The molecule has 28 heavy (non-hydrogen) atoms. The highest BCUT2D eigenvalue weighted by Gasteiger charge is 2.38. The number of nitrogens with zero attached hydrogens (tertiary/aromatic N) is 3. The molecule has 1 saturated carbocycles. The maximum Gasteiger partial charge on any atom is 0.289 e. The number of hydrogen-bond acceptors (Lipinski definition) is 5. The molecule has 0 unspecified atom stereocenters. The van der Waals surface area contributed by atoms with E-state index in [0.717, 1.165) is 58.2 Å². The van der Waals surface area contributed by atoms with E-state index >= 15 is 0 Å². The lowest BCUT2D eigenvalue weighted by Gasteiger charge is -2.48. The molecule has 1 aromatic rings. The van der Waals surface area contributed by atoms with Crippen LogP contribution in [-0.2, 0) is 4.74 Å². The molecule has 7 nitrogen and oxygen atoms in total. The zero-order valence-electron chi connectivity index (χ0n) is 16.8. The summed E-state index contributed by atoms with van der Waals surface area (Å²) in [5.74, 6) is 0. The van der Waals surface area contributed by atoms with E-state index in [9.17, 15) is 10.1 Å². The van der Waals surface area contributed by atoms with Crippen LogP contribution in [0, 0.1) is 16.7 Å². The third-order valence-corrected chi connectivity index (χ3v) is 6.34. The minimum Gasteiger partial charge on any atom is -0.379 e. The number of anilines is 1. The first kappa shape index (κ1) is 20.6. The van der Waals surface area contributed by atoms with E-state index < -0.39 is 0 Å². The summed E-state index contributed by atoms with van der Waals surface area (Å²) in [5, 5.41) is 14.6. The molecule has 1 saturated heterocycles. The van der Waals surface area contributed by atoms with Gasteiger partial charge in [-0.3, -0.25) is 15.0 Å². The van der Waals surface area contributed by atoms with Crippen LogP contribution >= 0.6 is 0 Å². The van der Waals surface area contributed by atoms with Crippen LogP contribution in [0.2, 0.25) is 0 Å². The SMILES string of the molecule is [C-]#[N+]c1ccc([N+](=O)[O-])c(NC2CCN([C@]3(C)CC[C@@H](OCC)CC3)CC2)c1. The van der Waals surface area contributed by atoms with Gasteiger partial charge in [0.05, 0.1) is 17.6 Å². The molecule has 1 aliphatic heterocycles. The average molecular weight is 386 g/mol. The Kier molecular flexibility index (Phi) is 6.53. The molecule has 1 aromatic carbocycles. The number of nitrogens with one attached hydrogen (secondary N) is 1. The summed E-state index contributed by atoms with van der Waals surface area (Å²) in [5.41, 5.74) is 1.15. The monoisotopic (exact) mass is 386 g/mol. The molecule has 0 bridgehead atoms. The quantitative estimate of drug-likeness (QED) is 0.433. The first-order chi connectivity index (χ1) is 13.4. The van der Waals surface area contributed by atoms with Crippen LogP contribution in [-0.4, -0.2) is 47.2 Å². The van der Waals surface area contributed by atoms with Crippen molar-refractivity contribution in [2.24, 2.45) is 0 Å². The van der Waals surface area contributed by atoms with Gasteiger partial charge in [0.2, 0.25) is 0 Å². The Labute approximate surface area is 167 Å². The van der Waals surface area contributed by atoms with Crippen molar-refractivity contribution in [2.45, 2.75) is 70.1 Å². The lowest BCUT2D eigenvalue weighted by molar-refractivity contribution is -0.384. The van der Waals surface area contributed by atoms with E-state index in [-0.39, 0.29) is 22.2 Å². The second-order valence-electron chi connectivity index (χ2n) is 8.13. The fourth-order valence-corrected chi connectivity index (χ4v) is 4.58. The fourth-order valence-electron chi connectivity index (χ4n) is 4.58. The molecule has 3 rings (SSSR count). The second-order valence-corrected chi connectivity index (χ2v) is 8.13. The molecule has 0 radical (unpaired) electrons. The van der Waals surface area contributed by atoms with Crippen molar-refractivity contribution in [3.8, 4) is 0 Å². The smallest absolute Gasteiger partial charge is 0.289 e. The number of piperidine rings is 1. The number of ether oxygens (including phenoxy) is 1. The van der Waals surface area contributed by atoms with Crippen LogP contribution in [0.25, 0.3) is 4.85 Å². The number of rotatable bonds is 6. The average Bonchev–Trinajstić information content (AvgIpc) is 2.70. The summed E-state index contributed by atoms with van der Waals surface area (Å²) in [6.07, 6.45) is 6.87. The molecule has 152 valence electrons. The predicted octanol–water partition coefficient (Wildman–Crippen LogP) is 4.76. The first-order valence-electron chi connectivity index (χ1n) is 10.2. The van der Waals surface area contributed by atoms with Gasteiger partial charge in [0.25, 0.3) is 5.69 Å². The third kappa shape index (κ3) is 4.62. The van der Waals surface area contributed by atoms with E-state index in [2.05, 4.69) is 28.9 Å². The fraction of sp³-hybridized carbons (Fsp3) is 0.667. The lowest BCUT2D eigenvalue weighted by atomic mass is 9.79. The van der Waals surface area contributed by atoms with Crippen LogP contribution in [0.4, 0.5) is 17.1 Å². The van der Waals surface area contributed by atoms with Gasteiger partial charge in [-0.15, -0.1) is 0 Å². The molecule has 0 atom stereocenters. The highest BCUT2D eigenvalue weighted by Crippen LogP contribution is 2.37. The molecule has 1 aliphatic carbocycles. The number of nitro groups is 1. The van der Waals surface area contributed by atoms with Crippen molar-refractivity contribution in [1.82, 2.24) is 4.90 Å². The highest BCUT2D eigenvalue weighted by molar-refractivity contribution is 5.69. The Morgan fingerprint density at radius 1 is 1.32 bits per heavy atom. The van der Waals surface area contributed by atoms with Crippen molar-refractivity contribution in [2.75, 3.05) is 25.0 Å².